The molecule has 2 aliphatic rings. The second-order valence-corrected chi connectivity index (χ2v) is 6.80. The highest BCUT2D eigenvalue weighted by molar-refractivity contribution is 8.15. The van der Waals surface area contributed by atoms with E-state index in [1.165, 1.54) is 17.3 Å². The van der Waals surface area contributed by atoms with Crippen molar-refractivity contribution in [2.24, 2.45) is 10.9 Å². The van der Waals surface area contributed by atoms with Gasteiger partial charge in [-0.15, -0.1) is 0 Å². The van der Waals surface area contributed by atoms with Gasteiger partial charge in [0.2, 0.25) is 0 Å². The molecule has 0 spiro atoms. The summed E-state index contributed by atoms with van der Waals surface area (Å²) >= 11 is 1.37. The standard InChI is InChI=1S/C17H19NO3S/c1-10-3-6-13(7-11(10)2)18-16-15(14(19)9-22-16)17(20)21-8-12-4-5-12/h3,6-7,12,19H,4-5,8-9H2,1-2H3. The Morgan fingerprint density at radius 1 is 1.36 bits per heavy atom. The first-order valence-corrected chi connectivity index (χ1v) is 8.41. The zero-order valence-corrected chi connectivity index (χ0v) is 13.6. The molecule has 0 aromatic heterocycles. The smallest absolute Gasteiger partial charge is 0.344 e. The number of ether oxygens (including phenoxy) is 1. The molecule has 4 nitrogen and oxygen atoms in total. The Labute approximate surface area is 134 Å². The van der Waals surface area contributed by atoms with Crippen LogP contribution in [0.1, 0.15) is 24.0 Å². The van der Waals surface area contributed by atoms with E-state index in [4.69, 9.17) is 4.74 Å². The molecule has 22 heavy (non-hydrogen) atoms. The molecule has 1 fully saturated rings. The van der Waals surface area contributed by atoms with E-state index in [2.05, 4.69) is 4.99 Å². The van der Waals surface area contributed by atoms with Gasteiger partial charge in [-0.2, -0.15) is 0 Å². The number of carbonyl (C=O) groups excluding carboxylic acids is 1. The van der Waals surface area contributed by atoms with Crippen molar-refractivity contribution in [3.8, 4) is 0 Å². The summed E-state index contributed by atoms with van der Waals surface area (Å²) in [4.78, 5) is 16.7. The van der Waals surface area contributed by atoms with E-state index in [0.29, 0.717) is 23.3 Å². The van der Waals surface area contributed by atoms with Gasteiger partial charge in [-0.3, -0.25) is 0 Å². The summed E-state index contributed by atoms with van der Waals surface area (Å²) in [7, 11) is 0. The number of benzene rings is 1. The van der Waals surface area contributed by atoms with Gasteiger partial charge in [0.25, 0.3) is 0 Å². The molecular formula is C17H19NO3S. The first kappa shape index (κ1) is 15.2. The Hall–Kier alpha value is -1.75. The number of aliphatic imine (C=N–C) groups is 1. The number of aliphatic hydroxyl groups excluding tert-OH is 1. The molecule has 1 saturated carbocycles. The molecule has 116 valence electrons. The van der Waals surface area contributed by atoms with Gasteiger partial charge in [0.15, 0.2) is 0 Å². The predicted octanol–water partition coefficient (Wildman–Crippen LogP) is 3.85. The van der Waals surface area contributed by atoms with E-state index in [9.17, 15) is 9.90 Å². The number of hydrogen-bond donors (Lipinski definition) is 1. The number of aryl methyl sites for hydroxylation is 2. The summed E-state index contributed by atoms with van der Waals surface area (Å²) in [6.45, 7) is 4.51. The van der Waals surface area contributed by atoms with Crippen molar-refractivity contribution in [3.05, 3.63) is 40.7 Å². The van der Waals surface area contributed by atoms with Crippen molar-refractivity contribution < 1.29 is 14.6 Å². The lowest BCUT2D eigenvalue weighted by Gasteiger charge is -2.06. The fraction of sp³-hybridized carbons (Fsp3) is 0.412. The molecule has 0 unspecified atom stereocenters. The third kappa shape index (κ3) is 3.35. The Morgan fingerprint density at radius 2 is 2.14 bits per heavy atom. The van der Waals surface area contributed by atoms with E-state index < -0.39 is 5.97 Å². The van der Waals surface area contributed by atoms with Crippen LogP contribution in [0.15, 0.2) is 34.5 Å². The number of rotatable bonds is 4. The SMILES string of the molecule is Cc1ccc(N=C2SCC(O)=C2C(=O)OCC2CC2)cc1C. The van der Waals surface area contributed by atoms with E-state index in [-0.39, 0.29) is 11.3 Å². The van der Waals surface area contributed by atoms with Crippen molar-refractivity contribution in [2.45, 2.75) is 26.7 Å². The lowest BCUT2D eigenvalue weighted by atomic mass is 10.1. The molecule has 1 aliphatic carbocycles. The van der Waals surface area contributed by atoms with Crippen LogP contribution < -0.4 is 0 Å². The van der Waals surface area contributed by atoms with E-state index in [0.717, 1.165) is 24.1 Å². The van der Waals surface area contributed by atoms with Gasteiger partial charge in [0, 0.05) is 0 Å². The van der Waals surface area contributed by atoms with Crippen LogP contribution >= 0.6 is 11.8 Å². The maximum Gasteiger partial charge on any atom is 0.344 e. The van der Waals surface area contributed by atoms with Crippen molar-refractivity contribution in [1.29, 1.82) is 0 Å². The first-order chi connectivity index (χ1) is 10.5. The molecule has 3 rings (SSSR count). The summed E-state index contributed by atoms with van der Waals surface area (Å²) in [5.74, 6) is 0.476. The number of aliphatic hydroxyl groups is 1. The van der Waals surface area contributed by atoms with Crippen LogP contribution in [-0.2, 0) is 9.53 Å². The molecule has 1 aromatic rings. The van der Waals surface area contributed by atoms with Crippen LogP contribution in [0.4, 0.5) is 5.69 Å². The third-order valence-corrected chi connectivity index (χ3v) is 4.91. The number of hydrogen-bond acceptors (Lipinski definition) is 5. The third-order valence-electron chi connectivity index (χ3n) is 3.92. The van der Waals surface area contributed by atoms with Gasteiger partial charge >= 0.3 is 5.97 Å². The predicted molar refractivity (Wildman–Crippen MR) is 88.8 cm³/mol. The van der Waals surface area contributed by atoms with E-state index >= 15 is 0 Å². The highest BCUT2D eigenvalue weighted by Crippen LogP contribution is 2.32. The minimum absolute atomic E-state index is 0.0633. The van der Waals surface area contributed by atoms with Gasteiger partial charge in [0.05, 0.1) is 18.0 Å². The molecule has 0 radical (unpaired) electrons. The first-order valence-electron chi connectivity index (χ1n) is 7.43. The fourth-order valence-electron chi connectivity index (χ4n) is 2.16. The van der Waals surface area contributed by atoms with Crippen LogP contribution in [0.3, 0.4) is 0 Å². The van der Waals surface area contributed by atoms with Gasteiger partial charge < -0.3 is 9.84 Å². The normalized spacial score (nSPS) is 19.8. The highest BCUT2D eigenvalue weighted by atomic mass is 32.2. The van der Waals surface area contributed by atoms with E-state index in [1.54, 1.807) is 0 Å². The summed E-state index contributed by atoms with van der Waals surface area (Å²) < 4.78 is 5.28. The Kier molecular flexibility index (Phi) is 4.25. The Bertz CT molecular complexity index is 674. The topological polar surface area (TPSA) is 58.9 Å². The highest BCUT2D eigenvalue weighted by Gasteiger charge is 2.31. The summed E-state index contributed by atoms with van der Waals surface area (Å²) in [5.41, 5.74) is 3.36. The monoisotopic (exact) mass is 317 g/mol. The average Bonchev–Trinajstić information content (AvgIpc) is 3.24. The van der Waals surface area contributed by atoms with Crippen molar-refractivity contribution in [3.63, 3.8) is 0 Å². The second kappa shape index (κ2) is 6.16. The number of esters is 1. The number of thioether (sulfide) groups is 1. The average molecular weight is 317 g/mol. The zero-order valence-electron chi connectivity index (χ0n) is 12.8. The molecule has 1 aliphatic heterocycles. The van der Waals surface area contributed by atoms with Crippen molar-refractivity contribution in [2.75, 3.05) is 12.4 Å². The maximum absolute atomic E-state index is 12.2. The van der Waals surface area contributed by atoms with Crippen LogP contribution in [0.25, 0.3) is 0 Å². The molecule has 0 atom stereocenters. The van der Waals surface area contributed by atoms with Gasteiger partial charge in [-0.25, -0.2) is 9.79 Å². The molecule has 1 aromatic carbocycles. The fourth-order valence-corrected chi connectivity index (χ4v) is 3.09. The molecule has 1 N–H and O–H groups in total. The summed E-state index contributed by atoms with van der Waals surface area (Å²) in [6, 6.07) is 5.90. The van der Waals surface area contributed by atoms with Gasteiger partial charge in [-0.1, -0.05) is 17.8 Å². The van der Waals surface area contributed by atoms with Crippen LogP contribution in [0.2, 0.25) is 0 Å². The molecular weight excluding hydrogens is 298 g/mol. The summed E-state index contributed by atoms with van der Waals surface area (Å²) in [5, 5.41) is 10.5. The molecule has 0 saturated heterocycles. The van der Waals surface area contributed by atoms with Crippen LogP contribution in [-0.4, -0.2) is 28.5 Å². The number of carbonyl (C=O) groups is 1. The quantitative estimate of drug-likeness (QED) is 0.857. The molecule has 0 amide bonds. The van der Waals surface area contributed by atoms with Crippen molar-refractivity contribution >= 4 is 28.5 Å². The Morgan fingerprint density at radius 3 is 2.82 bits per heavy atom. The maximum atomic E-state index is 12.2. The van der Waals surface area contributed by atoms with E-state index in [1.807, 2.05) is 32.0 Å². The van der Waals surface area contributed by atoms with Crippen LogP contribution in [0, 0.1) is 19.8 Å². The van der Waals surface area contributed by atoms with Crippen molar-refractivity contribution in [1.82, 2.24) is 0 Å². The summed E-state index contributed by atoms with van der Waals surface area (Å²) in [6.07, 6.45) is 2.24. The molecule has 0 bridgehead atoms. The van der Waals surface area contributed by atoms with Crippen LogP contribution in [0.5, 0.6) is 0 Å². The molecule has 1 heterocycles. The Balaban J connectivity index is 1.80. The minimum atomic E-state index is -0.461. The largest absolute Gasteiger partial charge is 0.510 e. The lowest BCUT2D eigenvalue weighted by Crippen LogP contribution is -2.14. The molecule has 5 heteroatoms. The zero-order chi connectivity index (χ0) is 15.7. The number of nitrogens with zero attached hydrogens (tertiary/aromatic N) is 1. The second-order valence-electron chi connectivity index (χ2n) is 5.84. The minimum Gasteiger partial charge on any atom is -0.510 e. The lowest BCUT2D eigenvalue weighted by molar-refractivity contribution is -0.139. The van der Waals surface area contributed by atoms with Gasteiger partial charge in [0.1, 0.15) is 16.4 Å². The van der Waals surface area contributed by atoms with Gasteiger partial charge in [-0.05, 0) is 55.9 Å².